The Morgan fingerprint density at radius 3 is 2.44 bits per heavy atom. The molecule has 0 unspecified atom stereocenters. The number of aryl methyl sites for hydroxylation is 1. The van der Waals surface area contributed by atoms with Gasteiger partial charge < -0.3 is 10.3 Å². The summed E-state index contributed by atoms with van der Waals surface area (Å²) in [5.74, 6) is 0. The maximum absolute atomic E-state index is 5.63. The maximum Gasteiger partial charge on any atom is 0.0484 e. The Hall–Kier alpha value is -2.06. The minimum atomic E-state index is 0.593. The molecule has 1 aromatic heterocycles. The van der Waals surface area contributed by atoms with Crippen LogP contribution in [0.2, 0.25) is 0 Å². The van der Waals surface area contributed by atoms with Crippen LogP contribution in [-0.2, 0) is 13.6 Å². The zero-order valence-electron chi connectivity index (χ0n) is 10.4. The van der Waals surface area contributed by atoms with E-state index in [0.717, 1.165) is 0 Å². The molecule has 0 aliphatic heterocycles. The van der Waals surface area contributed by atoms with Crippen LogP contribution in [0.15, 0.2) is 54.7 Å². The van der Waals surface area contributed by atoms with Crippen molar-refractivity contribution in [3.05, 3.63) is 60.3 Å². The molecular weight excluding hydrogens is 220 g/mol. The van der Waals surface area contributed by atoms with Gasteiger partial charge in [0.2, 0.25) is 0 Å². The summed E-state index contributed by atoms with van der Waals surface area (Å²) in [6.45, 7) is 0.593. The molecule has 0 aliphatic rings. The molecule has 1 heterocycles. The van der Waals surface area contributed by atoms with E-state index in [2.05, 4.69) is 66.3 Å². The van der Waals surface area contributed by atoms with Crippen molar-refractivity contribution >= 4 is 10.9 Å². The van der Waals surface area contributed by atoms with Crippen LogP contribution in [0.1, 0.15) is 5.56 Å². The van der Waals surface area contributed by atoms with Crippen LogP contribution in [0.4, 0.5) is 0 Å². The van der Waals surface area contributed by atoms with Gasteiger partial charge in [-0.3, -0.25) is 0 Å². The van der Waals surface area contributed by atoms with E-state index in [1.54, 1.807) is 0 Å². The first kappa shape index (κ1) is 11.1. The Labute approximate surface area is 107 Å². The molecule has 0 fully saturated rings. The number of hydrogen-bond acceptors (Lipinski definition) is 1. The van der Waals surface area contributed by atoms with Gasteiger partial charge in [0.15, 0.2) is 0 Å². The molecule has 0 amide bonds. The Morgan fingerprint density at radius 1 is 1.00 bits per heavy atom. The highest BCUT2D eigenvalue weighted by Gasteiger charge is 2.07. The Kier molecular flexibility index (Phi) is 2.65. The predicted molar refractivity (Wildman–Crippen MR) is 76.2 cm³/mol. The Balaban J connectivity index is 2.18. The zero-order chi connectivity index (χ0) is 12.5. The zero-order valence-corrected chi connectivity index (χ0v) is 10.4. The predicted octanol–water partition coefficient (Wildman–Crippen LogP) is 3.30. The monoisotopic (exact) mass is 236 g/mol. The van der Waals surface area contributed by atoms with Gasteiger partial charge in [-0.05, 0) is 17.2 Å². The van der Waals surface area contributed by atoms with Gasteiger partial charge in [-0.2, -0.15) is 0 Å². The van der Waals surface area contributed by atoms with Crippen molar-refractivity contribution in [2.24, 2.45) is 12.8 Å². The number of aromatic nitrogens is 1. The number of fused-ring (bicyclic) bond motifs is 1. The molecule has 18 heavy (non-hydrogen) atoms. The van der Waals surface area contributed by atoms with E-state index < -0.39 is 0 Å². The molecule has 0 bridgehead atoms. The summed E-state index contributed by atoms with van der Waals surface area (Å²) in [6.07, 6.45) is 2.18. The van der Waals surface area contributed by atoms with Gasteiger partial charge in [0.1, 0.15) is 0 Å². The normalized spacial score (nSPS) is 11.0. The number of nitrogens with zero attached hydrogens (tertiary/aromatic N) is 1. The minimum Gasteiger partial charge on any atom is -0.350 e. The van der Waals surface area contributed by atoms with Gasteiger partial charge in [0.05, 0.1) is 0 Å². The third-order valence-electron chi connectivity index (χ3n) is 3.40. The number of rotatable bonds is 2. The number of hydrogen-bond donors (Lipinski definition) is 1. The molecule has 3 aromatic rings. The summed E-state index contributed by atoms with van der Waals surface area (Å²) < 4.78 is 2.17. The summed E-state index contributed by atoms with van der Waals surface area (Å²) in [5, 5.41) is 1.29. The average Bonchev–Trinajstić information content (AvgIpc) is 2.77. The number of nitrogens with two attached hydrogens (primary N) is 1. The molecule has 0 saturated carbocycles. The van der Waals surface area contributed by atoms with Crippen molar-refractivity contribution in [2.45, 2.75) is 6.54 Å². The molecule has 3 rings (SSSR count). The highest BCUT2D eigenvalue weighted by atomic mass is 14.9. The van der Waals surface area contributed by atoms with Gasteiger partial charge in [0.25, 0.3) is 0 Å². The molecule has 2 nitrogen and oxygen atoms in total. The lowest BCUT2D eigenvalue weighted by molar-refractivity contribution is 0.970. The molecule has 0 atom stereocenters. The van der Waals surface area contributed by atoms with Crippen LogP contribution < -0.4 is 5.73 Å². The maximum atomic E-state index is 5.63. The standard InChI is InChI=1S/C16H16N2/c1-18-11-15(14-4-2-3-5-16(14)18)13-8-6-12(10-17)7-9-13/h2-9,11H,10,17H2,1H3. The van der Waals surface area contributed by atoms with Crippen molar-refractivity contribution in [1.29, 1.82) is 0 Å². The highest BCUT2D eigenvalue weighted by molar-refractivity contribution is 5.96. The number of benzene rings is 2. The first-order chi connectivity index (χ1) is 8.79. The lowest BCUT2D eigenvalue weighted by atomic mass is 10.0. The molecule has 0 saturated heterocycles. The molecule has 2 heteroatoms. The second kappa shape index (κ2) is 4.31. The quantitative estimate of drug-likeness (QED) is 0.727. The van der Waals surface area contributed by atoms with Crippen LogP contribution in [-0.4, -0.2) is 4.57 Å². The lowest BCUT2D eigenvalue weighted by Crippen LogP contribution is -1.95. The van der Waals surface area contributed by atoms with Crippen molar-refractivity contribution in [3.63, 3.8) is 0 Å². The summed E-state index contributed by atoms with van der Waals surface area (Å²) >= 11 is 0. The second-order valence-electron chi connectivity index (χ2n) is 4.57. The Morgan fingerprint density at radius 2 is 1.72 bits per heavy atom. The largest absolute Gasteiger partial charge is 0.350 e. The SMILES string of the molecule is Cn1cc(-c2ccc(CN)cc2)c2ccccc21. The third-order valence-corrected chi connectivity index (χ3v) is 3.40. The highest BCUT2D eigenvalue weighted by Crippen LogP contribution is 2.30. The molecule has 2 N–H and O–H groups in total. The molecule has 2 aromatic carbocycles. The topological polar surface area (TPSA) is 30.9 Å². The fourth-order valence-electron chi connectivity index (χ4n) is 2.39. The summed E-state index contributed by atoms with van der Waals surface area (Å²) in [4.78, 5) is 0. The summed E-state index contributed by atoms with van der Waals surface area (Å²) in [7, 11) is 2.08. The first-order valence-electron chi connectivity index (χ1n) is 6.13. The van der Waals surface area contributed by atoms with Crippen molar-refractivity contribution in [1.82, 2.24) is 4.57 Å². The van der Waals surface area contributed by atoms with E-state index in [9.17, 15) is 0 Å². The molecule has 0 radical (unpaired) electrons. The van der Waals surface area contributed by atoms with Gasteiger partial charge in [-0.1, -0.05) is 42.5 Å². The molecule has 0 spiro atoms. The van der Waals surface area contributed by atoms with Crippen LogP contribution in [0.25, 0.3) is 22.0 Å². The van der Waals surface area contributed by atoms with E-state index in [1.165, 1.54) is 27.6 Å². The van der Waals surface area contributed by atoms with Crippen molar-refractivity contribution in [2.75, 3.05) is 0 Å². The van der Waals surface area contributed by atoms with Crippen LogP contribution in [0.3, 0.4) is 0 Å². The van der Waals surface area contributed by atoms with Crippen LogP contribution in [0, 0.1) is 0 Å². The van der Waals surface area contributed by atoms with Crippen LogP contribution >= 0.6 is 0 Å². The van der Waals surface area contributed by atoms with Gasteiger partial charge in [0, 0.05) is 36.3 Å². The smallest absolute Gasteiger partial charge is 0.0484 e. The van der Waals surface area contributed by atoms with Crippen molar-refractivity contribution < 1.29 is 0 Å². The lowest BCUT2D eigenvalue weighted by Gasteiger charge is -2.01. The first-order valence-corrected chi connectivity index (χ1v) is 6.13. The van der Waals surface area contributed by atoms with Crippen molar-refractivity contribution in [3.8, 4) is 11.1 Å². The van der Waals surface area contributed by atoms with Gasteiger partial charge in [-0.25, -0.2) is 0 Å². The van der Waals surface area contributed by atoms with E-state index in [4.69, 9.17) is 5.73 Å². The summed E-state index contributed by atoms with van der Waals surface area (Å²) in [5.41, 5.74) is 10.6. The van der Waals surface area contributed by atoms with Gasteiger partial charge in [-0.15, -0.1) is 0 Å². The summed E-state index contributed by atoms with van der Waals surface area (Å²) in [6, 6.07) is 16.9. The van der Waals surface area contributed by atoms with E-state index in [0.29, 0.717) is 6.54 Å². The molecular formula is C16H16N2. The van der Waals surface area contributed by atoms with E-state index in [1.807, 2.05) is 0 Å². The third kappa shape index (κ3) is 1.71. The Bertz CT molecular complexity index is 678. The fraction of sp³-hybridized carbons (Fsp3) is 0.125. The average molecular weight is 236 g/mol. The second-order valence-corrected chi connectivity index (χ2v) is 4.57. The molecule has 0 aliphatic carbocycles. The van der Waals surface area contributed by atoms with E-state index >= 15 is 0 Å². The van der Waals surface area contributed by atoms with E-state index in [-0.39, 0.29) is 0 Å². The van der Waals surface area contributed by atoms with Crippen LogP contribution in [0.5, 0.6) is 0 Å². The molecule has 90 valence electrons. The van der Waals surface area contributed by atoms with Gasteiger partial charge >= 0.3 is 0 Å². The minimum absolute atomic E-state index is 0.593. The number of para-hydroxylation sites is 1. The fourth-order valence-corrected chi connectivity index (χ4v) is 2.39.